The summed E-state index contributed by atoms with van der Waals surface area (Å²) in [6.45, 7) is 0.917. The molecule has 9 heteroatoms. The maximum Gasteiger partial charge on any atom is 0.416 e. The molecule has 2 heterocycles. The number of nitrogens with zero attached hydrogens (tertiary/aromatic N) is 3. The highest BCUT2D eigenvalue weighted by atomic mass is 19.4. The van der Waals surface area contributed by atoms with Gasteiger partial charge in [0.2, 0.25) is 0 Å². The molecule has 1 atom stereocenters. The SMILES string of the molecule is Nc1cc(C(CCNCc2cccc(C(F)(F)F)c2)c2ccccc2)c2nn[nH]c2n1. The van der Waals surface area contributed by atoms with Gasteiger partial charge in [0.1, 0.15) is 11.3 Å². The van der Waals surface area contributed by atoms with Crippen LogP contribution in [0.2, 0.25) is 0 Å². The van der Waals surface area contributed by atoms with Crippen molar-refractivity contribution in [2.24, 2.45) is 0 Å². The topological polar surface area (TPSA) is 92.5 Å². The number of alkyl halides is 3. The number of aromatic amines is 1. The number of fused-ring (bicyclic) bond motifs is 1. The molecule has 4 N–H and O–H groups in total. The Morgan fingerprint density at radius 1 is 1.03 bits per heavy atom. The first kappa shape index (κ1) is 20.8. The third kappa shape index (κ3) is 4.83. The van der Waals surface area contributed by atoms with Crippen molar-refractivity contribution in [2.75, 3.05) is 12.3 Å². The van der Waals surface area contributed by atoms with Gasteiger partial charge in [0, 0.05) is 12.5 Å². The second kappa shape index (κ2) is 8.73. The standard InChI is InChI=1S/C22H21F3N6/c23-22(24,25)16-8-4-5-14(11-16)13-27-10-9-17(15-6-2-1-3-7-15)18-12-19(26)28-21-20(18)29-31-30-21/h1-8,11-12,17,27H,9-10,13H2,(H3,26,28,29,30,31). The Bertz CT molecular complexity index is 1160. The van der Waals surface area contributed by atoms with E-state index in [9.17, 15) is 13.2 Å². The molecule has 0 saturated carbocycles. The number of pyridine rings is 1. The molecular weight excluding hydrogens is 405 g/mol. The molecule has 2 aromatic carbocycles. The number of anilines is 1. The predicted octanol–water partition coefficient (Wildman–Crippen LogP) is 4.27. The molecule has 160 valence electrons. The third-order valence-corrected chi connectivity index (χ3v) is 5.12. The van der Waals surface area contributed by atoms with Crippen molar-refractivity contribution in [1.82, 2.24) is 25.7 Å². The van der Waals surface area contributed by atoms with Crippen LogP contribution in [-0.4, -0.2) is 26.9 Å². The second-order valence-corrected chi connectivity index (χ2v) is 7.27. The summed E-state index contributed by atoms with van der Waals surface area (Å²) in [4.78, 5) is 4.23. The van der Waals surface area contributed by atoms with E-state index in [0.717, 1.165) is 17.2 Å². The second-order valence-electron chi connectivity index (χ2n) is 7.27. The van der Waals surface area contributed by atoms with Crippen molar-refractivity contribution in [3.8, 4) is 0 Å². The molecule has 4 aromatic rings. The number of benzene rings is 2. The highest BCUT2D eigenvalue weighted by molar-refractivity contribution is 5.77. The molecule has 4 rings (SSSR count). The Balaban J connectivity index is 1.51. The van der Waals surface area contributed by atoms with Crippen LogP contribution < -0.4 is 11.1 Å². The highest BCUT2D eigenvalue weighted by Gasteiger charge is 2.30. The highest BCUT2D eigenvalue weighted by Crippen LogP contribution is 2.32. The van der Waals surface area contributed by atoms with Gasteiger partial charge in [0.05, 0.1) is 5.56 Å². The number of nitrogens with one attached hydrogen (secondary N) is 2. The van der Waals surface area contributed by atoms with Gasteiger partial charge >= 0.3 is 6.18 Å². The van der Waals surface area contributed by atoms with Gasteiger partial charge in [-0.25, -0.2) is 10.1 Å². The van der Waals surface area contributed by atoms with Crippen molar-refractivity contribution in [3.63, 3.8) is 0 Å². The van der Waals surface area contributed by atoms with Crippen molar-refractivity contribution in [2.45, 2.75) is 25.1 Å². The van der Waals surface area contributed by atoms with E-state index in [1.807, 2.05) is 30.3 Å². The molecule has 2 aromatic heterocycles. The Morgan fingerprint density at radius 3 is 2.61 bits per heavy atom. The van der Waals surface area contributed by atoms with Crippen LogP contribution >= 0.6 is 0 Å². The van der Waals surface area contributed by atoms with Crippen LogP contribution in [0.1, 0.15) is 34.6 Å². The number of hydrogen-bond acceptors (Lipinski definition) is 5. The number of nitrogen functional groups attached to an aromatic ring is 1. The average molecular weight is 426 g/mol. The van der Waals surface area contributed by atoms with Gasteiger partial charge in [-0.15, -0.1) is 5.10 Å². The lowest BCUT2D eigenvalue weighted by atomic mass is 9.88. The maximum absolute atomic E-state index is 12.9. The Kier molecular flexibility index (Phi) is 5.85. The minimum absolute atomic E-state index is 0.0342. The van der Waals surface area contributed by atoms with Crippen LogP contribution in [0, 0.1) is 0 Å². The van der Waals surface area contributed by atoms with E-state index in [-0.39, 0.29) is 5.92 Å². The van der Waals surface area contributed by atoms with E-state index in [0.29, 0.717) is 42.1 Å². The molecule has 0 aliphatic rings. The molecule has 31 heavy (non-hydrogen) atoms. The van der Waals surface area contributed by atoms with Gasteiger partial charge in [-0.1, -0.05) is 53.7 Å². The lowest BCUT2D eigenvalue weighted by Gasteiger charge is -2.19. The minimum atomic E-state index is -4.35. The van der Waals surface area contributed by atoms with Gasteiger partial charge in [-0.3, -0.25) is 0 Å². The zero-order chi connectivity index (χ0) is 21.8. The summed E-state index contributed by atoms with van der Waals surface area (Å²) in [5, 5.41) is 14.0. The van der Waals surface area contributed by atoms with Gasteiger partial charge in [0.15, 0.2) is 5.65 Å². The average Bonchev–Trinajstić information content (AvgIpc) is 3.22. The Hall–Kier alpha value is -3.46. The van der Waals surface area contributed by atoms with Gasteiger partial charge in [-0.2, -0.15) is 13.2 Å². The fraction of sp³-hybridized carbons (Fsp3) is 0.227. The molecule has 0 radical (unpaired) electrons. The maximum atomic E-state index is 12.9. The number of nitrogens with two attached hydrogens (primary N) is 1. The van der Waals surface area contributed by atoms with E-state index in [2.05, 4.69) is 25.7 Å². The van der Waals surface area contributed by atoms with E-state index in [4.69, 9.17) is 5.73 Å². The summed E-state index contributed by atoms with van der Waals surface area (Å²) in [6.07, 6.45) is -3.66. The van der Waals surface area contributed by atoms with E-state index >= 15 is 0 Å². The zero-order valence-corrected chi connectivity index (χ0v) is 16.5. The summed E-state index contributed by atoms with van der Waals surface area (Å²) < 4.78 is 38.8. The van der Waals surface area contributed by atoms with Crippen LogP contribution in [0.3, 0.4) is 0 Å². The molecule has 0 saturated heterocycles. The molecule has 0 spiro atoms. The zero-order valence-electron chi connectivity index (χ0n) is 16.5. The van der Waals surface area contributed by atoms with Crippen LogP contribution in [0.5, 0.6) is 0 Å². The lowest BCUT2D eigenvalue weighted by Crippen LogP contribution is -2.18. The largest absolute Gasteiger partial charge is 0.416 e. The monoisotopic (exact) mass is 426 g/mol. The normalized spacial score (nSPS) is 12.9. The lowest BCUT2D eigenvalue weighted by molar-refractivity contribution is -0.137. The number of halogens is 3. The number of rotatable bonds is 7. The van der Waals surface area contributed by atoms with Crippen molar-refractivity contribution < 1.29 is 13.2 Å². The molecule has 1 unspecified atom stereocenters. The van der Waals surface area contributed by atoms with Crippen molar-refractivity contribution >= 4 is 17.0 Å². The molecule has 6 nitrogen and oxygen atoms in total. The van der Waals surface area contributed by atoms with Crippen LogP contribution in [-0.2, 0) is 12.7 Å². The number of H-pyrrole nitrogens is 1. The predicted molar refractivity (Wildman–Crippen MR) is 112 cm³/mol. The fourth-order valence-electron chi connectivity index (χ4n) is 3.67. The van der Waals surface area contributed by atoms with Crippen LogP contribution in [0.25, 0.3) is 11.2 Å². The summed E-state index contributed by atoms with van der Waals surface area (Å²) in [7, 11) is 0. The molecule has 0 aliphatic heterocycles. The Morgan fingerprint density at radius 2 is 1.84 bits per heavy atom. The number of hydrogen-bond donors (Lipinski definition) is 3. The molecule has 0 bridgehead atoms. The summed E-state index contributed by atoms with van der Waals surface area (Å²) >= 11 is 0. The smallest absolute Gasteiger partial charge is 0.384 e. The van der Waals surface area contributed by atoms with Crippen molar-refractivity contribution in [3.05, 3.63) is 82.9 Å². The molecule has 0 fully saturated rings. The molecule has 0 aliphatic carbocycles. The summed E-state index contributed by atoms with van der Waals surface area (Å²) in [5.74, 6) is 0.333. The van der Waals surface area contributed by atoms with E-state index in [1.54, 1.807) is 12.1 Å². The van der Waals surface area contributed by atoms with Gasteiger partial charge in [0.25, 0.3) is 0 Å². The van der Waals surface area contributed by atoms with Gasteiger partial charge in [-0.05, 0) is 41.8 Å². The number of aromatic nitrogens is 4. The van der Waals surface area contributed by atoms with Crippen LogP contribution in [0.4, 0.5) is 19.0 Å². The quantitative estimate of drug-likeness (QED) is 0.384. The van der Waals surface area contributed by atoms with E-state index in [1.165, 1.54) is 12.1 Å². The van der Waals surface area contributed by atoms with E-state index < -0.39 is 11.7 Å². The fourth-order valence-corrected chi connectivity index (χ4v) is 3.67. The first-order chi connectivity index (χ1) is 14.9. The molecular formula is C22H21F3N6. The summed E-state index contributed by atoms with van der Waals surface area (Å²) in [6, 6.07) is 17.1. The van der Waals surface area contributed by atoms with Crippen LogP contribution in [0.15, 0.2) is 60.7 Å². The first-order valence-corrected chi connectivity index (χ1v) is 9.81. The minimum Gasteiger partial charge on any atom is -0.384 e. The van der Waals surface area contributed by atoms with Gasteiger partial charge < -0.3 is 11.1 Å². The van der Waals surface area contributed by atoms with Crippen molar-refractivity contribution in [1.29, 1.82) is 0 Å². The first-order valence-electron chi connectivity index (χ1n) is 9.81. The Labute approximate surface area is 176 Å². The third-order valence-electron chi connectivity index (χ3n) is 5.12. The molecule has 0 amide bonds. The summed E-state index contributed by atoms with van der Waals surface area (Å²) in [5.41, 5.74) is 9.09.